The van der Waals surface area contributed by atoms with Gasteiger partial charge < -0.3 is 0 Å². The molecule has 1 rings (SSSR count). The molecule has 0 nitrogen and oxygen atoms in total. The van der Waals surface area contributed by atoms with Gasteiger partial charge in [0.1, 0.15) is 0 Å². The SMILES string of the molecule is C=C.C=C.Cc1c(C)c(C)c(C)c(C)c1C.F[P-](F)(F)(F)(F)F.[Rh]. The van der Waals surface area contributed by atoms with Crippen molar-refractivity contribution in [1.82, 2.24) is 0 Å². The van der Waals surface area contributed by atoms with Crippen LogP contribution in [0.2, 0.25) is 0 Å². The van der Waals surface area contributed by atoms with Gasteiger partial charge in [-0.2, -0.15) is 0 Å². The van der Waals surface area contributed by atoms with Gasteiger partial charge in [0.05, 0.1) is 0 Å². The van der Waals surface area contributed by atoms with E-state index in [9.17, 15) is 25.2 Å². The summed E-state index contributed by atoms with van der Waals surface area (Å²) in [7, 11) is -10.7. The summed E-state index contributed by atoms with van der Waals surface area (Å²) in [6, 6.07) is 0. The van der Waals surface area contributed by atoms with E-state index in [1.54, 1.807) is 0 Å². The Morgan fingerprint density at radius 3 is 0.542 bits per heavy atom. The number of benzene rings is 1. The maximum atomic E-state index is 9.87. The molecule has 0 saturated heterocycles. The predicted octanol–water partition coefficient (Wildman–Crippen LogP) is 8.52. The third-order valence-electron chi connectivity index (χ3n) is 3.38. The molecule has 0 unspecified atom stereocenters. The summed E-state index contributed by atoms with van der Waals surface area (Å²) >= 11 is 0. The van der Waals surface area contributed by atoms with Gasteiger partial charge in [0.25, 0.3) is 0 Å². The number of hydrogen-bond donors (Lipinski definition) is 0. The van der Waals surface area contributed by atoms with E-state index >= 15 is 0 Å². The first kappa shape index (κ1) is 31.1. The summed E-state index contributed by atoms with van der Waals surface area (Å²) in [6.45, 7) is 25.3. The molecule has 0 bridgehead atoms. The predicted molar refractivity (Wildman–Crippen MR) is 90.9 cm³/mol. The molecular weight excluding hydrogens is 440 g/mol. The Balaban J connectivity index is -0.000000144. The fourth-order valence-corrected chi connectivity index (χ4v) is 1.69. The number of halogens is 6. The van der Waals surface area contributed by atoms with E-state index in [-0.39, 0.29) is 19.5 Å². The van der Waals surface area contributed by atoms with Gasteiger partial charge in [-0.1, -0.05) is 0 Å². The molecule has 0 heterocycles. The average molecular weight is 466 g/mol. The third kappa shape index (κ3) is 16.2. The topological polar surface area (TPSA) is 0 Å². The second-order valence-corrected chi connectivity index (χ2v) is 6.62. The van der Waals surface area contributed by atoms with Crippen LogP contribution >= 0.6 is 7.81 Å². The normalized spacial score (nSPS) is 12.3. The zero-order chi connectivity index (χ0) is 19.9. The molecule has 0 amide bonds. The van der Waals surface area contributed by atoms with Crippen LogP contribution in [-0.4, -0.2) is 0 Å². The Morgan fingerprint density at radius 2 is 0.500 bits per heavy atom. The van der Waals surface area contributed by atoms with E-state index < -0.39 is 7.81 Å². The van der Waals surface area contributed by atoms with E-state index in [1.807, 2.05) is 0 Å². The van der Waals surface area contributed by atoms with Crippen molar-refractivity contribution in [2.75, 3.05) is 0 Å². The van der Waals surface area contributed by atoms with Crippen molar-refractivity contribution in [2.24, 2.45) is 0 Å². The second kappa shape index (κ2) is 9.72. The van der Waals surface area contributed by atoms with E-state index in [0.29, 0.717) is 0 Å². The van der Waals surface area contributed by atoms with Gasteiger partial charge in [0, 0.05) is 19.5 Å². The Hall–Kier alpha value is -0.667. The molecule has 0 aromatic heterocycles. The summed E-state index contributed by atoms with van der Waals surface area (Å²) in [5.41, 5.74) is 8.73. The summed E-state index contributed by atoms with van der Waals surface area (Å²) < 4.78 is 59.2. The first-order valence-electron chi connectivity index (χ1n) is 6.51. The van der Waals surface area contributed by atoms with E-state index in [0.717, 1.165) is 0 Å². The van der Waals surface area contributed by atoms with Crippen molar-refractivity contribution in [3.05, 3.63) is 59.7 Å². The quantitative estimate of drug-likeness (QED) is 0.156. The van der Waals surface area contributed by atoms with Crippen molar-refractivity contribution in [3.63, 3.8) is 0 Å². The van der Waals surface area contributed by atoms with Crippen LogP contribution < -0.4 is 0 Å². The molecule has 24 heavy (non-hydrogen) atoms. The molecule has 8 heteroatoms. The molecule has 147 valence electrons. The average Bonchev–Trinajstić information content (AvgIpc) is 2.42. The van der Waals surface area contributed by atoms with Gasteiger partial charge in [-0.25, -0.2) is 0 Å². The van der Waals surface area contributed by atoms with Crippen LogP contribution in [0.1, 0.15) is 33.4 Å². The van der Waals surface area contributed by atoms with Crippen LogP contribution in [0.5, 0.6) is 0 Å². The van der Waals surface area contributed by atoms with Crippen LogP contribution in [0.25, 0.3) is 0 Å². The molecule has 0 saturated carbocycles. The van der Waals surface area contributed by atoms with Crippen molar-refractivity contribution < 1.29 is 44.7 Å². The Morgan fingerprint density at radius 1 is 0.458 bits per heavy atom. The van der Waals surface area contributed by atoms with Crippen LogP contribution in [0.3, 0.4) is 0 Å². The molecule has 0 aliphatic carbocycles. The van der Waals surface area contributed by atoms with Gasteiger partial charge in [0.2, 0.25) is 0 Å². The summed E-state index contributed by atoms with van der Waals surface area (Å²) in [6.07, 6.45) is 0. The maximum Gasteiger partial charge on any atom is 0 e. The molecule has 0 aliphatic rings. The van der Waals surface area contributed by atoms with Crippen molar-refractivity contribution in [1.29, 1.82) is 0 Å². The molecule has 0 aliphatic heterocycles. The van der Waals surface area contributed by atoms with E-state index in [2.05, 4.69) is 67.9 Å². The minimum Gasteiger partial charge on any atom is 0 e. The Labute approximate surface area is 154 Å². The van der Waals surface area contributed by atoms with E-state index in [1.165, 1.54) is 33.4 Å². The largest absolute Gasteiger partial charge is 0 e. The van der Waals surface area contributed by atoms with Crippen LogP contribution in [-0.2, 0) is 19.5 Å². The molecule has 0 fully saturated rings. The van der Waals surface area contributed by atoms with Crippen molar-refractivity contribution in [2.45, 2.75) is 41.5 Å². The number of rotatable bonds is 0. The van der Waals surface area contributed by atoms with E-state index in [4.69, 9.17) is 0 Å². The molecule has 1 aromatic carbocycles. The van der Waals surface area contributed by atoms with Crippen molar-refractivity contribution in [3.8, 4) is 0 Å². The maximum absolute atomic E-state index is 10.7. The van der Waals surface area contributed by atoms with Gasteiger partial charge in [0.15, 0.2) is 0 Å². The second-order valence-electron chi connectivity index (χ2n) is 4.71. The van der Waals surface area contributed by atoms with Crippen LogP contribution in [0.15, 0.2) is 26.3 Å². The first-order chi connectivity index (χ1) is 9.91. The Kier molecular flexibility index (Phi) is 12.6. The molecule has 0 atom stereocenters. The number of hydrogen-bond acceptors (Lipinski definition) is 0. The van der Waals surface area contributed by atoms with Crippen molar-refractivity contribution >= 4 is 7.81 Å². The summed E-state index contributed by atoms with van der Waals surface area (Å²) in [4.78, 5) is 0. The van der Waals surface area contributed by atoms with Gasteiger partial charge in [-0.3, -0.25) is 0 Å². The molecule has 0 N–H and O–H groups in total. The molecular formula is C16H26F6PRh-. The zero-order valence-electron chi connectivity index (χ0n) is 14.9. The van der Waals surface area contributed by atoms with Gasteiger partial charge in [-0.05, 0) is 74.9 Å². The van der Waals surface area contributed by atoms with Gasteiger partial charge in [-0.15, -0.1) is 26.3 Å². The zero-order valence-corrected chi connectivity index (χ0v) is 17.4. The standard InChI is InChI=1S/C12H18.2C2H4.F6P.Rh/c1-7-8(2)10(4)12(6)11(5)9(7)3;2*1-2;1-7(2,3,4,5)6;/h1-6H3;2*1-2H2;;/q;;;-1;. The van der Waals surface area contributed by atoms with Crippen LogP contribution in [0, 0.1) is 41.5 Å². The fourth-order valence-electron chi connectivity index (χ4n) is 1.69. The van der Waals surface area contributed by atoms with Gasteiger partial charge >= 0.3 is 33.0 Å². The monoisotopic (exact) mass is 466 g/mol. The molecule has 1 aromatic rings. The third-order valence-corrected chi connectivity index (χ3v) is 3.38. The smallest absolute Gasteiger partial charge is 0 e. The summed E-state index contributed by atoms with van der Waals surface area (Å²) in [5, 5.41) is 0. The van der Waals surface area contributed by atoms with Crippen LogP contribution in [0.4, 0.5) is 25.2 Å². The summed E-state index contributed by atoms with van der Waals surface area (Å²) in [5.74, 6) is 0. The molecule has 0 spiro atoms. The molecule has 1 radical (unpaired) electrons. The minimum absolute atomic E-state index is 0. The fraction of sp³-hybridized carbons (Fsp3) is 0.375. The minimum atomic E-state index is -10.7. The Bertz CT molecular complexity index is 417. The first-order valence-corrected chi connectivity index (χ1v) is 8.54.